The molecule has 0 bridgehead atoms. The fourth-order valence-electron chi connectivity index (χ4n) is 3.92. The lowest BCUT2D eigenvalue weighted by molar-refractivity contribution is -0.146. The van der Waals surface area contributed by atoms with Crippen molar-refractivity contribution in [1.29, 1.82) is 0 Å². The minimum Gasteiger partial charge on any atom is -0.481 e. The minimum absolute atomic E-state index is 0.0184. The molecule has 1 fully saturated rings. The van der Waals surface area contributed by atoms with Gasteiger partial charge in [0.05, 0.1) is 12.0 Å². The lowest BCUT2D eigenvalue weighted by Crippen LogP contribution is -2.43. The minimum atomic E-state index is -0.710. The third-order valence-electron chi connectivity index (χ3n) is 5.19. The third-order valence-corrected chi connectivity index (χ3v) is 6.19. The number of fused-ring (bicyclic) bond motifs is 1. The number of carbonyl (C=O) groups excluding carboxylic acids is 1. The van der Waals surface area contributed by atoms with Gasteiger partial charge >= 0.3 is 5.97 Å². The average Bonchev–Trinajstić information content (AvgIpc) is 3.01. The molecule has 1 atom stereocenters. The Morgan fingerprint density at radius 2 is 1.95 bits per heavy atom. The second-order valence-corrected chi connectivity index (χ2v) is 7.39. The van der Waals surface area contributed by atoms with Gasteiger partial charge in [0.1, 0.15) is 0 Å². The molecular weight excluding hydrogens is 298 g/mol. The highest BCUT2D eigenvalue weighted by molar-refractivity contribution is 7.10. The van der Waals surface area contributed by atoms with Gasteiger partial charge in [-0.3, -0.25) is 9.59 Å². The molecule has 0 saturated heterocycles. The summed E-state index contributed by atoms with van der Waals surface area (Å²) in [6.45, 7) is 2.95. The Balaban J connectivity index is 1.69. The number of rotatable bonds is 3. The number of carboxylic acids is 1. The summed E-state index contributed by atoms with van der Waals surface area (Å²) < 4.78 is 0. The van der Waals surface area contributed by atoms with E-state index in [-0.39, 0.29) is 23.8 Å². The van der Waals surface area contributed by atoms with E-state index in [1.807, 2.05) is 0 Å². The van der Waals surface area contributed by atoms with Gasteiger partial charge in [-0.2, -0.15) is 0 Å². The zero-order chi connectivity index (χ0) is 15.7. The molecule has 3 rings (SSSR count). The van der Waals surface area contributed by atoms with Crippen LogP contribution in [0.4, 0.5) is 0 Å². The molecular formula is C17H23NO3S. The number of thiophene rings is 1. The molecule has 22 heavy (non-hydrogen) atoms. The first-order chi connectivity index (χ1) is 10.6. The Labute approximate surface area is 135 Å². The number of aliphatic carboxylic acids is 1. The summed E-state index contributed by atoms with van der Waals surface area (Å²) in [4.78, 5) is 27.4. The molecule has 4 nitrogen and oxygen atoms in total. The number of hydrogen-bond acceptors (Lipinski definition) is 3. The Morgan fingerprint density at radius 1 is 1.27 bits per heavy atom. The molecule has 120 valence electrons. The van der Waals surface area contributed by atoms with Gasteiger partial charge in [-0.05, 0) is 55.5 Å². The van der Waals surface area contributed by atoms with E-state index in [2.05, 4.69) is 23.3 Å². The van der Waals surface area contributed by atoms with Crippen LogP contribution >= 0.6 is 11.3 Å². The van der Waals surface area contributed by atoms with Crippen LogP contribution in [0.5, 0.6) is 0 Å². The van der Waals surface area contributed by atoms with E-state index in [9.17, 15) is 9.59 Å². The molecule has 1 aromatic rings. The van der Waals surface area contributed by atoms with Crippen molar-refractivity contribution in [3.8, 4) is 0 Å². The van der Waals surface area contributed by atoms with E-state index in [4.69, 9.17) is 5.11 Å². The molecule has 5 heteroatoms. The van der Waals surface area contributed by atoms with Crippen molar-refractivity contribution in [2.45, 2.75) is 51.5 Å². The van der Waals surface area contributed by atoms with Crippen molar-refractivity contribution in [2.75, 3.05) is 6.54 Å². The summed E-state index contributed by atoms with van der Waals surface area (Å²) in [6.07, 6.45) is 4.62. The van der Waals surface area contributed by atoms with Crippen molar-refractivity contribution < 1.29 is 14.7 Å². The van der Waals surface area contributed by atoms with Crippen LogP contribution in [0, 0.1) is 11.8 Å². The second kappa shape index (κ2) is 6.41. The first-order valence-electron chi connectivity index (χ1n) is 8.21. The van der Waals surface area contributed by atoms with Gasteiger partial charge < -0.3 is 10.0 Å². The van der Waals surface area contributed by atoms with Crippen molar-refractivity contribution in [3.05, 3.63) is 21.9 Å². The molecule has 2 heterocycles. The van der Waals surface area contributed by atoms with Gasteiger partial charge in [0.25, 0.3) is 0 Å². The van der Waals surface area contributed by atoms with Gasteiger partial charge in [-0.1, -0.05) is 6.92 Å². The average molecular weight is 321 g/mol. The van der Waals surface area contributed by atoms with Crippen molar-refractivity contribution >= 4 is 23.2 Å². The Hall–Kier alpha value is -1.36. The summed E-state index contributed by atoms with van der Waals surface area (Å²) in [5.74, 6) is -0.702. The molecule has 2 aliphatic rings. The molecule has 0 aromatic carbocycles. The van der Waals surface area contributed by atoms with Crippen molar-refractivity contribution in [3.63, 3.8) is 0 Å². The molecule has 1 aromatic heterocycles. The van der Waals surface area contributed by atoms with E-state index in [0.29, 0.717) is 12.8 Å². The number of hydrogen-bond donors (Lipinski definition) is 1. The Kier molecular flexibility index (Phi) is 4.52. The summed E-state index contributed by atoms with van der Waals surface area (Å²) >= 11 is 1.79. The van der Waals surface area contributed by atoms with E-state index in [1.54, 1.807) is 11.3 Å². The predicted molar refractivity (Wildman–Crippen MR) is 85.9 cm³/mol. The molecule has 1 amide bonds. The molecule has 1 aliphatic carbocycles. The maximum Gasteiger partial charge on any atom is 0.306 e. The lowest BCUT2D eigenvalue weighted by Gasteiger charge is -2.39. The topological polar surface area (TPSA) is 57.6 Å². The maximum absolute atomic E-state index is 12.9. The number of carbonyl (C=O) groups is 2. The summed E-state index contributed by atoms with van der Waals surface area (Å²) in [5, 5.41) is 11.2. The van der Waals surface area contributed by atoms with E-state index >= 15 is 0 Å². The van der Waals surface area contributed by atoms with Crippen LogP contribution in [0.3, 0.4) is 0 Å². The quantitative estimate of drug-likeness (QED) is 0.927. The van der Waals surface area contributed by atoms with Crippen LogP contribution in [0.15, 0.2) is 11.4 Å². The Morgan fingerprint density at radius 3 is 2.59 bits per heavy atom. The molecule has 1 saturated carbocycles. The highest BCUT2D eigenvalue weighted by atomic mass is 32.1. The summed E-state index contributed by atoms with van der Waals surface area (Å²) in [7, 11) is 0. The maximum atomic E-state index is 12.9. The van der Waals surface area contributed by atoms with Crippen LogP contribution < -0.4 is 0 Å². The standard InChI is InChI=1S/C17H23NO3S/c1-2-14-13-8-10-22-15(13)7-9-18(14)16(19)11-3-5-12(6-4-11)17(20)21/h8,10-12,14H,2-7,9H2,1H3,(H,20,21). The monoisotopic (exact) mass is 321 g/mol. The zero-order valence-electron chi connectivity index (χ0n) is 13.0. The van der Waals surface area contributed by atoms with Gasteiger partial charge in [-0.15, -0.1) is 11.3 Å². The molecule has 1 unspecified atom stereocenters. The molecule has 0 spiro atoms. The van der Waals surface area contributed by atoms with E-state index in [1.165, 1.54) is 10.4 Å². The van der Waals surface area contributed by atoms with Crippen LogP contribution in [-0.2, 0) is 16.0 Å². The van der Waals surface area contributed by atoms with E-state index in [0.717, 1.165) is 32.2 Å². The highest BCUT2D eigenvalue weighted by Crippen LogP contribution is 2.38. The predicted octanol–water partition coefficient (Wildman–Crippen LogP) is 3.47. The highest BCUT2D eigenvalue weighted by Gasteiger charge is 2.36. The molecule has 1 N–H and O–H groups in total. The van der Waals surface area contributed by atoms with Crippen LogP contribution in [0.2, 0.25) is 0 Å². The van der Waals surface area contributed by atoms with Gasteiger partial charge in [0.2, 0.25) is 5.91 Å². The largest absolute Gasteiger partial charge is 0.481 e. The fraction of sp³-hybridized carbons (Fsp3) is 0.647. The normalized spacial score (nSPS) is 28.2. The van der Waals surface area contributed by atoms with E-state index < -0.39 is 5.97 Å². The summed E-state index contributed by atoms with van der Waals surface area (Å²) in [5.41, 5.74) is 1.33. The van der Waals surface area contributed by atoms with Gasteiger partial charge in [0, 0.05) is 17.3 Å². The number of carboxylic acid groups (broad SMARTS) is 1. The smallest absolute Gasteiger partial charge is 0.306 e. The van der Waals surface area contributed by atoms with Crippen LogP contribution in [0.1, 0.15) is 55.5 Å². The second-order valence-electron chi connectivity index (χ2n) is 6.39. The van der Waals surface area contributed by atoms with Crippen LogP contribution in [0.25, 0.3) is 0 Å². The SMILES string of the molecule is CCC1c2ccsc2CCN1C(=O)C1CCC(C(=O)O)CC1. The molecule has 0 radical (unpaired) electrons. The third kappa shape index (κ3) is 2.78. The first kappa shape index (κ1) is 15.5. The van der Waals surface area contributed by atoms with Crippen molar-refractivity contribution in [2.24, 2.45) is 11.8 Å². The Bertz CT molecular complexity index is 560. The van der Waals surface area contributed by atoms with Gasteiger partial charge in [0.15, 0.2) is 0 Å². The fourth-order valence-corrected chi connectivity index (χ4v) is 4.85. The first-order valence-corrected chi connectivity index (χ1v) is 9.09. The molecule has 1 aliphatic heterocycles. The lowest BCUT2D eigenvalue weighted by atomic mass is 9.80. The van der Waals surface area contributed by atoms with Crippen LogP contribution in [-0.4, -0.2) is 28.4 Å². The zero-order valence-corrected chi connectivity index (χ0v) is 13.8. The number of amides is 1. The van der Waals surface area contributed by atoms with Crippen molar-refractivity contribution in [1.82, 2.24) is 4.90 Å². The van der Waals surface area contributed by atoms with Gasteiger partial charge in [-0.25, -0.2) is 0 Å². The summed E-state index contributed by atoms with van der Waals surface area (Å²) in [6, 6.07) is 2.37. The number of nitrogens with zero attached hydrogens (tertiary/aromatic N) is 1.